The first-order valence-corrected chi connectivity index (χ1v) is 8.66. The van der Waals surface area contributed by atoms with Gasteiger partial charge in [0.05, 0.1) is 6.04 Å². The molecule has 0 N–H and O–H groups in total. The molecule has 4 atom stereocenters. The SMILES string of the molecule is CCCC(CCCC1CCC2CCCCC2C1)N=O. The van der Waals surface area contributed by atoms with Crippen molar-refractivity contribution >= 4 is 0 Å². The molecule has 2 fully saturated rings. The van der Waals surface area contributed by atoms with Crippen molar-refractivity contribution in [1.29, 1.82) is 0 Å². The van der Waals surface area contributed by atoms with Crippen LogP contribution in [0, 0.1) is 22.7 Å². The minimum absolute atomic E-state index is 0.0935. The van der Waals surface area contributed by atoms with E-state index < -0.39 is 0 Å². The van der Waals surface area contributed by atoms with Gasteiger partial charge in [-0.25, -0.2) is 0 Å². The summed E-state index contributed by atoms with van der Waals surface area (Å²) >= 11 is 0. The molecule has 0 amide bonds. The number of hydrogen-bond acceptors (Lipinski definition) is 2. The van der Waals surface area contributed by atoms with Gasteiger partial charge in [0.25, 0.3) is 0 Å². The summed E-state index contributed by atoms with van der Waals surface area (Å²) in [5.41, 5.74) is 0. The minimum Gasteiger partial charge on any atom is -0.151 e. The van der Waals surface area contributed by atoms with Gasteiger partial charge in [-0.05, 0) is 43.4 Å². The lowest BCUT2D eigenvalue weighted by atomic mass is 9.67. The summed E-state index contributed by atoms with van der Waals surface area (Å²) in [6.07, 6.45) is 16.0. The first-order chi connectivity index (χ1) is 9.33. The van der Waals surface area contributed by atoms with E-state index in [0.29, 0.717) is 0 Å². The van der Waals surface area contributed by atoms with E-state index in [-0.39, 0.29) is 6.04 Å². The van der Waals surface area contributed by atoms with Gasteiger partial charge < -0.3 is 0 Å². The fourth-order valence-electron chi connectivity index (χ4n) is 4.46. The first kappa shape index (κ1) is 15.0. The molecule has 4 unspecified atom stereocenters. The molecule has 2 nitrogen and oxygen atoms in total. The van der Waals surface area contributed by atoms with Crippen molar-refractivity contribution in [3.05, 3.63) is 4.91 Å². The van der Waals surface area contributed by atoms with Crippen LogP contribution in [0.3, 0.4) is 0 Å². The summed E-state index contributed by atoms with van der Waals surface area (Å²) in [6, 6.07) is 0.0935. The van der Waals surface area contributed by atoms with Gasteiger partial charge in [-0.1, -0.05) is 63.5 Å². The van der Waals surface area contributed by atoms with Gasteiger partial charge in [-0.15, -0.1) is 0 Å². The van der Waals surface area contributed by atoms with Crippen molar-refractivity contribution in [2.24, 2.45) is 22.9 Å². The van der Waals surface area contributed by atoms with E-state index in [4.69, 9.17) is 0 Å². The third kappa shape index (κ3) is 4.57. The van der Waals surface area contributed by atoms with E-state index in [1.54, 1.807) is 0 Å². The highest BCUT2D eigenvalue weighted by molar-refractivity contribution is 4.83. The molecule has 0 aromatic heterocycles. The highest BCUT2D eigenvalue weighted by Gasteiger charge is 2.31. The van der Waals surface area contributed by atoms with Crippen LogP contribution in [0.2, 0.25) is 0 Å². The largest absolute Gasteiger partial charge is 0.151 e. The van der Waals surface area contributed by atoms with Crippen LogP contribution in [0.5, 0.6) is 0 Å². The van der Waals surface area contributed by atoms with Gasteiger partial charge in [0, 0.05) is 0 Å². The Morgan fingerprint density at radius 1 is 1.05 bits per heavy atom. The van der Waals surface area contributed by atoms with Gasteiger partial charge in [0.2, 0.25) is 0 Å². The molecule has 0 bridgehead atoms. The van der Waals surface area contributed by atoms with Gasteiger partial charge in [0.1, 0.15) is 0 Å². The summed E-state index contributed by atoms with van der Waals surface area (Å²) in [7, 11) is 0. The number of nitrogens with zero attached hydrogens (tertiary/aromatic N) is 1. The van der Waals surface area contributed by atoms with Crippen LogP contribution in [0.4, 0.5) is 0 Å². The first-order valence-electron chi connectivity index (χ1n) is 8.66. The number of nitroso groups, excluding NO2 is 1. The predicted molar refractivity (Wildman–Crippen MR) is 81.1 cm³/mol. The lowest BCUT2D eigenvalue weighted by molar-refractivity contribution is 0.124. The molecule has 0 aromatic carbocycles. The smallest absolute Gasteiger partial charge is 0.0919 e. The predicted octanol–water partition coefficient (Wildman–Crippen LogP) is 5.70. The average Bonchev–Trinajstić information content (AvgIpc) is 2.46. The second kappa shape index (κ2) is 8.01. The second-order valence-electron chi connectivity index (χ2n) is 6.96. The topological polar surface area (TPSA) is 29.4 Å². The monoisotopic (exact) mass is 265 g/mol. The van der Waals surface area contributed by atoms with Crippen molar-refractivity contribution in [3.63, 3.8) is 0 Å². The molecule has 0 heterocycles. The van der Waals surface area contributed by atoms with Crippen molar-refractivity contribution in [2.75, 3.05) is 0 Å². The summed E-state index contributed by atoms with van der Waals surface area (Å²) < 4.78 is 0. The fourth-order valence-corrected chi connectivity index (χ4v) is 4.46. The van der Waals surface area contributed by atoms with Crippen molar-refractivity contribution in [2.45, 2.75) is 90.0 Å². The highest BCUT2D eigenvalue weighted by Crippen LogP contribution is 2.43. The number of rotatable bonds is 7. The zero-order chi connectivity index (χ0) is 13.5. The third-order valence-electron chi connectivity index (χ3n) is 5.57. The summed E-state index contributed by atoms with van der Waals surface area (Å²) in [5.74, 6) is 3.06. The van der Waals surface area contributed by atoms with E-state index in [1.807, 2.05) is 0 Å². The molecule has 110 valence electrons. The summed E-state index contributed by atoms with van der Waals surface area (Å²) in [4.78, 5) is 10.7. The highest BCUT2D eigenvalue weighted by atomic mass is 16.3. The molecule has 0 aromatic rings. The van der Waals surface area contributed by atoms with Crippen molar-refractivity contribution in [1.82, 2.24) is 0 Å². The molecule has 0 radical (unpaired) electrons. The van der Waals surface area contributed by atoms with E-state index in [1.165, 1.54) is 57.8 Å². The van der Waals surface area contributed by atoms with Crippen molar-refractivity contribution in [3.8, 4) is 0 Å². The molecule has 2 aliphatic carbocycles. The molecular weight excluding hydrogens is 234 g/mol. The van der Waals surface area contributed by atoms with E-state index in [2.05, 4.69) is 12.1 Å². The zero-order valence-corrected chi connectivity index (χ0v) is 12.7. The normalized spacial score (nSPS) is 32.6. The lowest BCUT2D eigenvalue weighted by Crippen LogP contribution is -2.27. The number of hydrogen-bond donors (Lipinski definition) is 0. The summed E-state index contributed by atoms with van der Waals surface area (Å²) in [5, 5.41) is 3.28. The maximum absolute atomic E-state index is 10.7. The van der Waals surface area contributed by atoms with Gasteiger partial charge in [-0.3, -0.25) is 0 Å². The second-order valence-corrected chi connectivity index (χ2v) is 6.96. The Morgan fingerprint density at radius 3 is 2.58 bits per heavy atom. The van der Waals surface area contributed by atoms with Crippen LogP contribution in [0.15, 0.2) is 5.18 Å². The Hall–Kier alpha value is -0.400. The van der Waals surface area contributed by atoms with Crippen molar-refractivity contribution < 1.29 is 0 Å². The Balaban J connectivity index is 1.65. The maximum atomic E-state index is 10.7. The summed E-state index contributed by atoms with van der Waals surface area (Å²) in [6.45, 7) is 2.14. The Morgan fingerprint density at radius 2 is 1.84 bits per heavy atom. The van der Waals surface area contributed by atoms with Gasteiger partial charge >= 0.3 is 0 Å². The minimum atomic E-state index is 0.0935. The van der Waals surface area contributed by atoms with Crippen LogP contribution < -0.4 is 0 Å². The average molecular weight is 265 g/mol. The molecule has 0 aliphatic heterocycles. The van der Waals surface area contributed by atoms with Crippen LogP contribution >= 0.6 is 0 Å². The van der Waals surface area contributed by atoms with Crippen LogP contribution in [0.1, 0.15) is 84.0 Å². The van der Waals surface area contributed by atoms with Crippen LogP contribution in [0.25, 0.3) is 0 Å². The fraction of sp³-hybridized carbons (Fsp3) is 1.00. The molecular formula is C17H31NO. The quantitative estimate of drug-likeness (QED) is 0.543. The Bertz CT molecular complexity index is 266. The number of fused-ring (bicyclic) bond motifs is 1. The van der Waals surface area contributed by atoms with Gasteiger partial charge in [-0.2, -0.15) is 4.91 Å². The molecule has 0 saturated heterocycles. The van der Waals surface area contributed by atoms with E-state index >= 15 is 0 Å². The molecule has 0 spiro atoms. The van der Waals surface area contributed by atoms with Gasteiger partial charge in [0.15, 0.2) is 0 Å². The standard InChI is InChI=1S/C17H31NO/c1-2-6-17(18-19)10-5-7-14-11-12-15-8-3-4-9-16(15)13-14/h14-17H,2-13H2,1H3. The Labute approximate surface area is 118 Å². The van der Waals surface area contributed by atoms with E-state index in [9.17, 15) is 4.91 Å². The molecule has 19 heavy (non-hydrogen) atoms. The zero-order valence-electron chi connectivity index (χ0n) is 12.7. The molecule has 2 aliphatic rings. The Kier molecular flexibility index (Phi) is 6.33. The van der Waals surface area contributed by atoms with Crippen LogP contribution in [-0.4, -0.2) is 6.04 Å². The molecule has 2 heteroatoms. The molecule has 2 saturated carbocycles. The maximum Gasteiger partial charge on any atom is 0.0919 e. The third-order valence-corrected chi connectivity index (χ3v) is 5.57. The molecule has 2 rings (SSSR count). The van der Waals surface area contributed by atoms with E-state index in [0.717, 1.165) is 37.0 Å². The van der Waals surface area contributed by atoms with Crippen LogP contribution in [-0.2, 0) is 0 Å². The lowest BCUT2D eigenvalue weighted by Gasteiger charge is -2.39.